The van der Waals surface area contributed by atoms with Gasteiger partial charge in [0.1, 0.15) is 11.4 Å². The van der Waals surface area contributed by atoms with Crippen molar-refractivity contribution in [2.75, 3.05) is 13.2 Å². The van der Waals surface area contributed by atoms with Crippen LogP contribution in [-0.4, -0.2) is 29.8 Å². The quantitative estimate of drug-likeness (QED) is 0.453. The highest BCUT2D eigenvalue weighted by atomic mass is 16.6. The zero-order valence-corrected chi connectivity index (χ0v) is 15.4. The number of carbonyl (C=O) groups excluding carboxylic acids is 1. The van der Waals surface area contributed by atoms with Gasteiger partial charge in [0.25, 0.3) is 5.69 Å². The van der Waals surface area contributed by atoms with Gasteiger partial charge in [-0.25, -0.2) is 4.79 Å². The summed E-state index contributed by atoms with van der Waals surface area (Å²) in [6.45, 7) is 13.5. The van der Waals surface area contributed by atoms with Crippen LogP contribution in [0.4, 0.5) is 10.5 Å². The molecule has 0 unspecified atom stereocenters. The minimum atomic E-state index is -0.564. The predicted molar refractivity (Wildman–Crippen MR) is 96.1 cm³/mol. The van der Waals surface area contributed by atoms with Gasteiger partial charge in [-0.3, -0.25) is 10.1 Å². The molecule has 0 fully saturated rings. The first-order chi connectivity index (χ1) is 11.4. The Morgan fingerprint density at radius 3 is 2.40 bits per heavy atom. The number of carbonyl (C=O) groups is 1. The smallest absolute Gasteiger partial charge is 0.407 e. The van der Waals surface area contributed by atoms with Crippen molar-refractivity contribution < 1.29 is 19.2 Å². The van der Waals surface area contributed by atoms with Gasteiger partial charge >= 0.3 is 6.09 Å². The Balaban J connectivity index is 2.60. The molecule has 0 aromatic heterocycles. The lowest BCUT2D eigenvalue weighted by molar-refractivity contribution is -0.385. The van der Waals surface area contributed by atoms with Gasteiger partial charge in [0, 0.05) is 18.0 Å². The summed E-state index contributed by atoms with van der Waals surface area (Å²) < 4.78 is 10.8. The highest BCUT2D eigenvalue weighted by Gasteiger charge is 2.24. The van der Waals surface area contributed by atoms with Gasteiger partial charge in [-0.1, -0.05) is 32.6 Å². The Bertz CT molecular complexity index is 647. The Labute approximate surface area is 148 Å². The van der Waals surface area contributed by atoms with Gasteiger partial charge in [0.15, 0.2) is 0 Å². The number of benzene rings is 1. The number of nitrogens with one attached hydrogen (secondary N) is 1. The maximum Gasteiger partial charge on any atom is 0.407 e. The van der Waals surface area contributed by atoms with E-state index in [0.29, 0.717) is 12.1 Å². The van der Waals surface area contributed by atoms with E-state index in [1.807, 2.05) is 13.8 Å². The van der Waals surface area contributed by atoms with Gasteiger partial charge in [0.05, 0.1) is 17.1 Å². The monoisotopic (exact) mass is 350 g/mol. The zero-order valence-electron chi connectivity index (χ0n) is 15.4. The number of hydrogen-bond donors (Lipinski definition) is 1. The van der Waals surface area contributed by atoms with Gasteiger partial charge < -0.3 is 14.8 Å². The summed E-state index contributed by atoms with van der Waals surface area (Å²) >= 11 is 0. The second-order valence-corrected chi connectivity index (χ2v) is 7.51. The van der Waals surface area contributed by atoms with Crippen molar-refractivity contribution in [2.24, 2.45) is 5.41 Å². The topological polar surface area (TPSA) is 90.7 Å². The van der Waals surface area contributed by atoms with E-state index in [2.05, 4.69) is 11.9 Å². The minimum absolute atomic E-state index is 0.0582. The van der Waals surface area contributed by atoms with Crippen molar-refractivity contribution in [1.29, 1.82) is 0 Å². The van der Waals surface area contributed by atoms with E-state index in [4.69, 9.17) is 9.47 Å². The van der Waals surface area contributed by atoms with E-state index in [1.165, 1.54) is 6.07 Å². The number of rotatable bonds is 7. The van der Waals surface area contributed by atoms with Crippen LogP contribution in [-0.2, 0) is 9.47 Å². The van der Waals surface area contributed by atoms with Crippen molar-refractivity contribution in [3.05, 3.63) is 46.5 Å². The van der Waals surface area contributed by atoms with Crippen LogP contribution in [0.25, 0.3) is 5.76 Å². The van der Waals surface area contributed by atoms with Crippen molar-refractivity contribution in [2.45, 2.75) is 40.2 Å². The molecule has 25 heavy (non-hydrogen) atoms. The number of amides is 1. The molecule has 0 atom stereocenters. The molecule has 0 saturated heterocycles. The minimum Gasteiger partial charge on any atom is -0.493 e. The van der Waals surface area contributed by atoms with Gasteiger partial charge in [-0.2, -0.15) is 0 Å². The first kappa shape index (κ1) is 20.5. The van der Waals surface area contributed by atoms with Crippen LogP contribution in [0.5, 0.6) is 0 Å². The van der Waals surface area contributed by atoms with Crippen molar-refractivity contribution in [3.63, 3.8) is 0 Å². The summed E-state index contributed by atoms with van der Waals surface area (Å²) in [5.41, 5.74) is -0.699. The highest BCUT2D eigenvalue weighted by molar-refractivity contribution is 5.68. The molecule has 1 aromatic rings. The molecule has 0 saturated carbocycles. The number of nitro groups is 1. The summed E-state index contributed by atoms with van der Waals surface area (Å²) in [6.07, 6.45) is -0.502. The number of nitrogens with zero attached hydrogens (tertiary/aromatic N) is 1. The molecule has 1 rings (SSSR count). The number of hydrogen-bond acceptors (Lipinski definition) is 5. The molecule has 0 spiro atoms. The molecule has 0 radical (unpaired) electrons. The average molecular weight is 350 g/mol. The van der Waals surface area contributed by atoms with Crippen LogP contribution >= 0.6 is 0 Å². The fraction of sp³-hybridized carbons (Fsp3) is 0.500. The SMILES string of the molecule is C=C(OCC(C)(C)CNC(=O)OC(C)(C)C)c1ccccc1[N+](=O)[O-]. The summed E-state index contributed by atoms with van der Waals surface area (Å²) in [4.78, 5) is 22.3. The number of nitro benzene ring substituents is 1. The average Bonchev–Trinajstić information content (AvgIpc) is 2.49. The second kappa shape index (κ2) is 8.00. The lowest BCUT2D eigenvalue weighted by Gasteiger charge is -2.27. The summed E-state index contributed by atoms with van der Waals surface area (Å²) in [7, 11) is 0. The van der Waals surface area contributed by atoms with Gasteiger partial charge in [0.2, 0.25) is 0 Å². The van der Waals surface area contributed by atoms with E-state index < -0.39 is 22.0 Å². The zero-order chi connectivity index (χ0) is 19.3. The second-order valence-electron chi connectivity index (χ2n) is 7.51. The maximum absolute atomic E-state index is 11.7. The summed E-state index contributed by atoms with van der Waals surface area (Å²) in [5, 5.41) is 13.8. The fourth-order valence-corrected chi connectivity index (χ4v) is 1.91. The molecule has 0 aliphatic heterocycles. The third-order valence-electron chi connectivity index (χ3n) is 3.15. The van der Waals surface area contributed by atoms with Crippen LogP contribution in [0, 0.1) is 15.5 Å². The third-order valence-corrected chi connectivity index (χ3v) is 3.15. The van der Waals surface area contributed by atoms with E-state index in [9.17, 15) is 14.9 Å². The molecule has 0 heterocycles. The Kier molecular flexibility index (Phi) is 6.55. The molecular weight excluding hydrogens is 324 g/mol. The normalized spacial score (nSPS) is 11.6. The highest BCUT2D eigenvalue weighted by Crippen LogP contribution is 2.27. The number of alkyl carbamates (subject to hydrolysis) is 1. The van der Waals surface area contributed by atoms with Gasteiger partial charge in [-0.15, -0.1) is 0 Å². The number of para-hydroxylation sites is 1. The van der Waals surface area contributed by atoms with Crippen LogP contribution in [0.15, 0.2) is 30.8 Å². The molecule has 7 nitrogen and oxygen atoms in total. The number of ether oxygens (including phenoxy) is 2. The standard InChI is InChI=1S/C18H26N2O5/c1-13(14-9-7-8-10-15(14)20(22)23)24-12-18(5,6)11-19-16(21)25-17(2,3)4/h7-10H,1,11-12H2,2-6H3,(H,19,21). The van der Waals surface area contributed by atoms with E-state index in [-0.39, 0.29) is 18.1 Å². The first-order valence-corrected chi connectivity index (χ1v) is 7.94. The van der Waals surface area contributed by atoms with Crippen LogP contribution in [0.3, 0.4) is 0 Å². The molecule has 1 aromatic carbocycles. The lowest BCUT2D eigenvalue weighted by atomic mass is 9.95. The van der Waals surface area contributed by atoms with E-state index >= 15 is 0 Å². The third kappa shape index (κ3) is 7.24. The van der Waals surface area contributed by atoms with Gasteiger partial charge in [-0.05, 0) is 26.8 Å². The Morgan fingerprint density at radius 1 is 1.24 bits per heavy atom. The maximum atomic E-state index is 11.7. The molecule has 7 heteroatoms. The van der Waals surface area contributed by atoms with Crippen LogP contribution < -0.4 is 5.32 Å². The van der Waals surface area contributed by atoms with Crippen LogP contribution in [0.2, 0.25) is 0 Å². The van der Waals surface area contributed by atoms with Crippen molar-refractivity contribution in [3.8, 4) is 0 Å². The molecule has 1 N–H and O–H groups in total. The molecule has 0 aliphatic carbocycles. The Hall–Kier alpha value is -2.57. The molecule has 138 valence electrons. The molecule has 0 aliphatic rings. The molecule has 0 bridgehead atoms. The fourth-order valence-electron chi connectivity index (χ4n) is 1.91. The van der Waals surface area contributed by atoms with Crippen molar-refractivity contribution >= 4 is 17.5 Å². The molecular formula is C18H26N2O5. The lowest BCUT2D eigenvalue weighted by Crippen LogP contribution is -2.39. The van der Waals surface area contributed by atoms with E-state index in [0.717, 1.165) is 0 Å². The Morgan fingerprint density at radius 2 is 1.84 bits per heavy atom. The summed E-state index contributed by atoms with van der Waals surface area (Å²) in [5.74, 6) is 0.220. The van der Waals surface area contributed by atoms with Crippen LogP contribution in [0.1, 0.15) is 40.2 Å². The van der Waals surface area contributed by atoms with E-state index in [1.54, 1.807) is 39.0 Å². The first-order valence-electron chi connectivity index (χ1n) is 7.94. The predicted octanol–water partition coefficient (Wildman–Crippen LogP) is 4.13. The summed E-state index contributed by atoms with van der Waals surface area (Å²) in [6, 6.07) is 6.27. The molecule has 1 amide bonds. The largest absolute Gasteiger partial charge is 0.493 e. The van der Waals surface area contributed by atoms with Crippen molar-refractivity contribution in [1.82, 2.24) is 5.32 Å².